The summed E-state index contributed by atoms with van der Waals surface area (Å²) in [6, 6.07) is 14.2. The van der Waals surface area contributed by atoms with Crippen LogP contribution in [0.25, 0.3) is 0 Å². The Hall–Kier alpha value is -2.00. The van der Waals surface area contributed by atoms with Gasteiger partial charge in [-0.1, -0.05) is 35.9 Å². The van der Waals surface area contributed by atoms with Crippen molar-refractivity contribution in [2.75, 3.05) is 14.2 Å². The van der Waals surface area contributed by atoms with Crippen LogP contribution in [-0.4, -0.2) is 14.2 Å². The summed E-state index contributed by atoms with van der Waals surface area (Å²) in [6.07, 6.45) is 0.801. The molecule has 0 aromatic heterocycles. The molecule has 0 saturated heterocycles. The maximum Gasteiger partial charge on any atom is 0.161 e. The highest BCUT2D eigenvalue weighted by Crippen LogP contribution is 2.30. The molecule has 2 N–H and O–H groups in total. The van der Waals surface area contributed by atoms with E-state index < -0.39 is 0 Å². The van der Waals surface area contributed by atoms with Crippen LogP contribution in [0.15, 0.2) is 42.5 Å². The molecule has 0 aliphatic carbocycles. The largest absolute Gasteiger partial charge is 0.493 e. The van der Waals surface area contributed by atoms with Gasteiger partial charge < -0.3 is 15.2 Å². The van der Waals surface area contributed by atoms with Gasteiger partial charge in [0.15, 0.2) is 11.5 Å². The molecule has 0 aliphatic rings. The van der Waals surface area contributed by atoms with Gasteiger partial charge >= 0.3 is 0 Å². The monoisotopic (exact) mass is 271 g/mol. The molecule has 0 saturated carbocycles. The van der Waals surface area contributed by atoms with Gasteiger partial charge in [0.25, 0.3) is 0 Å². The molecule has 1 atom stereocenters. The van der Waals surface area contributed by atoms with E-state index in [1.807, 2.05) is 18.2 Å². The minimum atomic E-state index is -0.0579. The van der Waals surface area contributed by atoms with Crippen molar-refractivity contribution in [1.29, 1.82) is 0 Å². The fourth-order valence-electron chi connectivity index (χ4n) is 2.18. The van der Waals surface area contributed by atoms with Gasteiger partial charge in [-0.2, -0.15) is 0 Å². The topological polar surface area (TPSA) is 44.5 Å². The first-order chi connectivity index (χ1) is 9.63. The third-order valence-corrected chi connectivity index (χ3v) is 3.41. The second-order valence-electron chi connectivity index (χ2n) is 4.91. The van der Waals surface area contributed by atoms with Crippen molar-refractivity contribution >= 4 is 0 Å². The van der Waals surface area contributed by atoms with E-state index in [1.165, 1.54) is 11.1 Å². The van der Waals surface area contributed by atoms with Gasteiger partial charge in [0.1, 0.15) is 0 Å². The molecule has 0 fully saturated rings. The van der Waals surface area contributed by atoms with Crippen molar-refractivity contribution in [2.45, 2.75) is 19.4 Å². The third kappa shape index (κ3) is 3.31. The van der Waals surface area contributed by atoms with Crippen LogP contribution < -0.4 is 15.2 Å². The normalized spacial score (nSPS) is 12.0. The van der Waals surface area contributed by atoms with Gasteiger partial charge in [-0.3, -0.25) is 0 Å². The Kier molecular flexibility index (Phi) is 4.64. The van der Waals surface area contributed by atoms with Crippen LogP contribution in [0.4, 0.5) is 0 Å². The minimum absolute atomic E-state index is 0.0579. The highest BCUT2D eigenvalue weighted by atomic mass is 16.5. The first-order valence-corrected chi connectivity index (χ1v) is 6.67. The predicted molar refractivity (Wildman–Crippen MR) is 81.4 cm³/mol. The third-order valence-electron chi connectivity index (χ3n) is 3.41. The van der Waals surface area contributed by atoms with Crippen LogP contribution in [0.1, 0.15) is 22.7 Å². The van der Waals surface area contributed by atoms with E-state index in [4.69, 9.17) is 15.2 Å². The summed E-state index contributed by atoms with van der Waals surface area (Å²) in [5.74, 6) is 1.43. The van der Waals surface area contributed by atoms with E-state index in [0.717, 1.165) is 17.7 Å². The molecule has 0 radical (unpaired) electrons. The number of aryl methyl sites for hydroxylation is 1. The second kappa shape index (κ2) is 6.44. The van der Waals surface area contributed by atoms with E-state index >= 15 is 0 Å². The van der Waals surface area contributed by atoms with E-state index in [0.29, 0.717) is 5.75 Å². The smallest absolute Gasteiger partial charge is 0.161 e. The standard InChI is InChI=1S/C17H21NO2/c1-12-4-6-13(7-5-12)10-15(18)14-8-9-16(19-2)17(11-14)20-3/h4-9,11,15H,10,18H2,1-3H3. The Morgan fingerprint density at radius 1 is 0.950 bits per heavy atom. The molecular weight excluding hydrogens is 250 g/mol. The number of hydrogen-bond donors (Lipinski definition) is 1. The van der Waals surface area contributed by atoms with Crippen molar-refractivity contribution in [3.8, 4) is 11.5 Å². The summed E-state index contributed by atoms with van der Waals surface area (Å²) in [6.45, 7) is 2.08. The summed E-state index contributed by atoms with van der Waals surface area (Å²) in [4.78, 5) is 0. The molecule has 0 amide bonds. The van der Waals surface area contributed by atoms with Crippen molar-refractivity contribution < 1.29 is 9.47 Å². The van der Waals surface area contributed by atoms with Gasteiger partial charge in [-0.05, 0) is 36.6 Å². The predicted octanol–water partition coefficient (Wildman–Crippen LogP) is 3.25. The maximum absolute atomic E-state index is 6.28. The molecular formula is C17H21NO2. The lowest BCUT2D eigenvalue weighted by Gasteiger charge is -2.15. The highest BCUT2D eigenvalue weighted by molar-refractivity contribution is 5.44. The molecule has 106 valence electrons. The van der Waals surface area contributed by atoms with Crippen molar-refractivity contribution in [3.05, 3.63) is 59.2 Å². The van der Waals surface area contributed by atoms with Crippen LogP contribution in [0.5, 0.6) is 11.5 Å². The highest BCUT2D eigenvalue weighted by Gasteiger charge is 2.11. The zero-order valence-electron chi connectivity index (χ0n) is 12.2. The molecule has 0 heterocycles. The maximum atomic E-state index is 6.28. The summed E-state index contributed by atoms with van der Waals surface area (Å²) >= 11 is 0. The number of methoxy groups -OCH3 is 2. The summed E-state index contributed by atoms with van der Waals surface area (Å²) in [5, 5.41) is 0. The molecule has 2 aromatic carbocycles. The van der Waals surface area contributed by atoms with E-state index in [1.54, 1.807) is 14.2 Å². The average Bonchev–Trinajstić information content (AvgIpc) is 2.48. The molecule has 0 aliphatic heterocycles. The zero-order valence-corrected chi connectivity index (χ0v) is 12.2. The van der Waals surface area contributed by atoms with Crippen LogP contribution in [0.3, 0.4) is 0 Å². The van der Waals surface area contributed by atoms with Crippen molar-refractivity contribution in [1.82, 2.24) is 0 Å². The van der Waals surface area contributed by atoms with Crippen LogP contribution in [0, 0.1) is 6.92 Å². The fourth-order valence-corrected chi connectivity index (χ4v) is 2.18. The van der Waals surface area contributed by atoms with Crippen LogP contribution in [-0.2, 0) is 6.42 Å². The number of benzene rings is 2. The lowest BCUT2D eigenvalue weighted by molar-refractivity contribution is 0.354. The molecule has 3 nitrogen and oxygen atoms in total. The molecule has 3 heteroatoms. The number of ether oxygens (including phenoxy) is 2. The van der Waals surface area contributed by atoms with Crippen molar-refractivity contribution in [3.63, 3.8) is 0 Å². The van der Waals surface area contributed by atoms with Crippen LogP contribution >= 0.6 is 0 Å². The Labute approximate surface area is 120 Å². The summed E-state index contributed by atoms with van der Waals surface area (Å²) < 4.78 is 10.5. The fraction of sp³-hybridized carbons (Fsp3) is 0.294. The number of rotatable bonds is 5. The number of nitrogens with two attached hydrogens (primary N) is 1. The first-order valence-electron chi connectivity index (χ1n) is 6.67. The molecule has 0 bridgehead atoms. The van der Waals surface area contributed by atoms with Gasteiger partial charge in [0.05, 0.1) is 14.2 Å². The lowest BCUT2D eigenvalue weighted by atomic mass is 9.99. The van der Waals surface area contributed by atoms with Crippen molar-refractivity contribution in [2.24, 2.45) is 5.73 Å². The zero-order chi connectivity index (χ0) is 14.5. The molecule has 2 aromatic rings. The van der Waals surface area contributed by atoms with E-state index in [2.05, 4.69) is 31.2 Å². The van der Waals surface area contributed by atoms with E-state index in [-0.39, 0.29) is 6.04 Å². The number of hydrogen-bond acceptors (Lipinski definition) is 3. The molecule has 20 heavy (non-hydrogen) atoms. The minimum Gasteiger partial charge on any atom is -0.493 e. The molecule has 2 rings (SSSR count). The Morgan fingerprint density at radius 2 is 1.60 bits per heavy atom. The SMILES string of the molecule is COc1ccc(C(N)Cc2ccc(C)cc2)cc1OC. The quantitative estimate of drug-likeness (QED) is 0.908. The summed E-state index contributed by atoms with van der Waals surface area (Å²) in [7, 11) is 3.26. The van der Waals surface area contributed by atoms with Gasteiger partial charge in [0, 0.05) is 6.04 Å². The van der Waals surface area contributed by atoms with Crippen LogP contribution in [0.2, 0.25) is 0 Å². The Balaban J connectivity index is 2.16. The average molecular weight is 271 g/mol. The van der Waals surface area contributed by atoms with Gasteiger partial charge in [-0.15, -0.1) is 0 Å². The molecule has 1 unspecified atom stereocenters. The van der Waals surface area contributed by atoms with Gasteiger partial charge in [0.2, 0.25) is 0 Å². The molecule has 0 spiro atoms. The van der Waals surface area contributed by atoms with E-state index in [9.17, 15) is 0 Å². The first kappa shape index (κ1) is 14.4. The Bertz CT molecular complexity index is 564. The lowest BCUT2D eigenvalue weighted by Crippen LogP contribution is -2.13. The second-order valence-corrected chi connectivity index (χ2v) is 4.91. The summed E-state index contributed by atoms with van der Waals surface area (Å²) in [5.41, 5.74) is 9.82. The van der Waals surface area contributed by atoms with Gasteiger partial charge in [-0.25, -0.2) is 0 Å². The Morgan fingerprint density at radius 3 is 2.20 bits per heavy atom.